The first-order valence-electron chi connectivity index (χ1n) is 4.43. The standard InChI is InChI=1S/C11H7F3O3/c12-11(13,14)8-4-1-7(2-5-8)3-6-9(15)10(16)17/h1-6H,(H,16,17)/b6-3+. The number of carbonyl (C=O) groups excluding carboxylic acids is 1. The van der Waals surface area contributed by atoms with Gasteiger partial charge in [0.05, 0.1) is 5.56 Å². The normalized spacial score (nSPS) is 11.7. The largest absolute Gasteiger partial charge is 0.475 e. The van der Waals surface area contributed by atoms with E-state index in [9.17, 15) is 22.8 Å². The Labute approximate surface area is 94.2 Å². The SMILES string of the molecule is O=C(O)C(=O)/C=C/c1ccc(C(F)(F)F)cc1. The molecule has 0 heterocycles. The van der Waals surface area contributed by atoms with Gasteiger partial charge in [-0.15, -0.1) is 0 Å². The smallest absolute Gasteiger partial charge is 0.416 e. The number of carbonyl (C=O) groups is 2. The van der Waals surface area contributed by atoms with Crippen LogP contribution in [0.1, 0.15) is 11.1 Å². The van der Waals surface area contributed by atoms with Crippen LogP contribution >= 0.6 is 0 Å². The second-order valence-corrected chi connectivity index (χ2v) is 3.12. The molecule has 0 fully saturated rings. The van der Waals surface area contributed by atoms with Crippen molar-refractivity contribution in [2.75, 3.05) is 0 Å². The van der Waals surface area contributed by atoms with Gasteiger partial charge in [-0.2, -0.15) is 13.2 Å². The Morgan fingerprint density at radius 2 is 1.65 bits per heavy atom. The molecule has 0 atom stereocenters. The van der Waals surface area contributed by atoms with Crippen LogP contribution in [0.15, 0.2) is 30.3 Å². The minimum absolute atomic E-state index is 0.313. The lowest BCUT2D eigenvalue weighted by Gasteiger charge is -2.05. The molecule has 1 aromatic carbocycles. The van der Waals surface area contributed by atoms with Gasteiger partial charge in [0.1, 0.15) is 0 Å². The molecule has 0 aliphatic heterocycles. The number of rotatable bonds is 3. The number of benzene rings is 1. The zero-order valence-corrected chi connectivity index (χ0v) is 8.36. The molecule has 0 radical (unpaired) electrons. The maximum atomic E-state index is 12.2. The second kappa shape index (κ2) is 4.82. The highest BCUT2D eigenvalue weighted by Crippen LogP contribution is 2.29. The predicted octanol–water partition coefficient (Wildman–Crippen LogP) is 2.37. The maximum Gasteiger partial charge on any atom is 0.416 e. The molecule has 0 aliphatic carbocycles. The number of alkyl halides is 3. The van der Waals surface area contributed by atoms with Crippen molar-refractivity contribution in [1.82, 2.24) is 0 Å². The van der Waals surface area contributed by atoms with E-state index in [-0.39, 0.29) is 0 Å². The Bertz CT molecular complexity index is 458. The summed E-state index contributed by atoms with van der Waals surface area (Å²) in [7, 11) is 0. The van der Waals surface area contributed by atoms with E-state index >= 15 is 0 Å². The van der Waals surface area contributed by atoms with Crippen molar-refractivity contribution in [3.05, 3.63) is 41.5 Å². The van der Waals surface area contributed by atoms with E-state index < -0.39 is 23.5 Å². The molecule has 6 heteroatoms. The summed E-state index contributed by atoms with van der Waals surface area (Å²) in [6.45, 7) is 0. The van der Waals surface area contributed by atoms with Gasteiger partial charge in [0, 0.05) is 0 Å². The molecule has 0 aliphatic rings. The maximum absolute atomic E-state index is 12.2. The number of halogens is 3. The third-order valence-corrected chi connectivity index (χ3v) is 1.88. The quantitative estimate of drug-likeness (QED) is 0.656. The van der Waals surface area contributed by atoms with E-state index in [1.807, 2.05) is 0 Å². The molecule has 17 heavy (non-hydrogen) atoms. The van der Waals surface area contributed by atoms with Crippen molar-refractivity contribution in [1.29, 1.82) is 0 Å². The highest BCUT2D eigenvalue weighted by molar-refractivity contribution is 6.38. The van der Waals surface area contributed by atoms with Crippen molar-refractivity contribution >= 4 is 17.8 Å². The van der Waals surface area contributed by atoms with Crippen LogP contribution in [0.4, 0.5) is 13.2 Å². The monoisotopic (exact) mass is 244 g/mol. The first kappa shape index (κ1) is 13.0. The molecule has 0 amide bonds. The Kier molecular flexibility index (Phi) is 3.67. The summed E-state index contributed by atoms with van der Waals surface area (Å²) in [6.07, 6.45) is -2.50. The molecule has 1 N–H and O–H groups in total. The Hall–Kier alpha value is -2.11. The summed E-state index contributed by atoms with van der Waals surface area (Å²) in [5, 5.41) is 8.26. The topological polar surface area (TPSA) is 54.4 Å². The minimum atomic E-state index is -4.42. The van der Waals surface area contributed by atoms with Gasteiger partial charge in [-0.05, 0) is 23.8 Å². The van der Waals surface area contributed by atoms with Crippen LogP contribution in [0.25, 0.3) is 6.08 Å². The fourth-order valence-electron chi connectivity index (χ4n) is 1.03. The molecule has 0 saturated carbocycles. The average molecular weight is 244 g/mol. The summed E-state index contributed by atoms with van der Waals surface area (Å²) in [5.41, 5.74) is -0.494. The number of hydrogen-bond acceptors (Lipinski definition) is 2. The first-order valence-corrected chi connectivity index (χ1v) is 4.43. The van der Waals surface area contributed by atoms with Gasteiger partial charge < -0.3 is 5.11 Å². The minimum Gasteiger partial charge on any atom is -0.475 e. The second-order valence-electron chi connectivity index (χ2n) is 3.12. The lowest BCUT2D eigenvalue weighted by Crippen LogP contribution is -2.08. The molecule has 0 saturated heterocycles. The van der Waals surface area contributed by atoms with Crippen molar-refractivity contribution in [2.45, 2.75) is 6.18 Å². The Morgan fingerprint density at radius 3 is 2.06 bits per heavy atom. The molecule has 3 nitrogen and oxygen atoms in total. The van der Waals surface area contributed by atoms with Gasteiger partial charge in [-0.3, -0.25) is 4.79 Å². The van der Waals surface area contributed by atoms with Crippen molar-refractivity contribution in [2.24, 2.45) is 0 Å². The van der Waals surface area contributed by atoms with E-state index in [1.165, 1.54) is 0 Å². The predicted molar refractivity (Wildman–Crippen MR) is 53.1 cm³/mol. The molecule has 1 aromatic rings. The van der Waals surface area contributed by atoms with Gasteiger partial charge >= 0.3 is 12.1 Å². The molecule has 0 spiro atoms. The third-order valence-electron chi connectivity index (χ3n) is 1.88. The van der Waals surface area contributed by atoms with Crippen LogP contribution in [0.3, 0.4) is 0 Å². The fourth-order valence-corrected chi connectivity index (χ4v) is 1.03. The molecule has 90 valence electrons. The summed E-state index contributed by atoms with van der Waals surface area (Å²) >= 11 is 0. The molecule has 1 rings (SSSR count). The molecule has 0 unspecified atom stereocenters. The van der Waals surface area contributed by atoms with Gasteiger partial charge in [-0.25, -0.2) is 4.79 Å². The average Bonchev–Trinajstić information content (AvgIpc) is 2.25. The zero-order chi connectivity index (χ0) is 13.1. The summed E-state index contributed by atoms with van der Waals surface area (Å²) in [4.78, 5) is 20.8. The van der Waals surface area contributed by atoms with Crippen molar-refractivity contribution < 1.29 is 27.9 Å². The van der Waals surface area contributed by atoms with Crippen LogP contribution in [-0.4, -0.2) is 16.9 Å². The van der Waals surface area contributed by atoms with E-state index in [0.29, 0.717) is 5.56 Å². The molecular formula is C11H7F3O3. The van der Waals surface area contributed by atoms with E-state index in [4.69, 9.17) is 5.11 Å². The van der Waals surface area contributed by atoms with E-state index in [0.717, 1.165) is 36.4 Å². The first-order chi connectivity index (χ1) is 7.80. The summed E-state index contributed by atoms with van der Waals surface area (Å²) in [6, 6.07) is 4.00. The Balaban J connectivity index is 2.83. The molecule has 0 aromatic heterocycles. The zero-order valence-electron chi connectivity index (χ0n) is 8.36. The van der Waals surface area contributed by atoms with Crippen LogP contribution in [-0.2, 0) is 15.8 Å². The van der Waals surface area contributed by atoms with Gasteiger partial charge in [0.15, 0.2) is 0 Å². The number of aliphatic carboxylic acids is 1. The summed E-state index contributed by atoms with van der Waals surface area (Å²) in [5.74, 6) is -2.75. The summed E-state index contributed by atoms with van der Waals surface area (Å²) < 4.78 is 36.6. The van der Waals surface area contributed by atoms with Crippen molar-refractivity contribution in [3.63, 3.8) is 0 Å². The van der Waals surface area contributed by atoms with Crippen LogP contribution in [0.5, 0.6) is 0 Å². The number of carboxylic acid groups (broad SMARTS) is 1. The van der Waals surface area contributed by atoms with Crippen LogP contribution < -0.4 is 0 Å². The number of hydrogen-bond donors (Lipinski definition) is 1. The third kappa shape index (κ3) is 3.75. The molecule has 0 bridgehead atoms. The Morgan fingerprint density at radius 1 is 1.12 bits per heavy atom. The van der Waals surface area contributed by atoms with Crippen molar-refractivity contribution in [3.8, 4) is 0 Å². The number of ketones is 1. The molecular weight excluding hydrogens is 237 g/mol. The lowest BCUT2D eigenvalue weighted by molar-refractivity contribution is -0.146. The van der Waals surface area contributed by atoms with Gasteiger partial charge in [0.25, 0.3) is 5.78 Å². The van der Waals surface area contributed by atoms with Crippen LogP contribution in [0, 0.1) is 0 Å². The fraction of sp³-hybridized carbons (Fsp3) is 0.0909. The van der Waals surface area contributed by atoms with Crippen LogP contribution in [0.2, 0.25) is 0 Å². The van der Waals surface area contributed by atoms with Gasteiger partial charge in [0.2, 0.25) is 0 Å². The highest BCUT2D eigenvalue weighted by Gasteiger charge is 2.29. The lowest BCUT2D eigenvalue weighted by atomic mass is 10.1. The highest BCUT2D eigenvalue weighted by atomic mass is 19.4. The van der Waals surface area contributed by atoms with E-state index in [1.54, 1.807) is 0 Å². The number of carboxylic acids is 1. The van der Waals surface area contributed by atoms with E-state index in [2.05, 4.69) is 0 Å². The van der Waals surface area contributed by atoms with Gasteiger partial charge in [-0.1, -0.05) is 18.2 Å².